The zero-order valence-corrected chi connectivity index (χ0v) is 9.42. The van der Waals surface area contributed by atoms with Gasteiger partial charge in [-0.1, -0.05) is 23.7 Å². The molecule has 0 saturated carbocycles. The predicted octanol–water partition coefficient (Wildman–Crippen LogP) is 3.58. The summed E-state index contributed by atoms with van der Waals surface area (Å²) in [6, 6.07) is 8.08. The van der Waals surface area contributed by atoms with Crippen molar-refractivity contribution in [2.75, 3.05) is 12.4 Å². The highest BCUT2D eigenvalue weighted by molar-refractivity contribution is 6.29. The molecule has 1 N–H and O–H groups in total. The van der Waals surface area contributed by atoms with Gasteiger partial charge in [0.2, 0.25) is 0 Å². The van der Waals surface area contributed by atoms with Crippen molar-refractivity contribution < 1.29 is 4.39 Å². The van der Waals surface area contributed by atoms with Crippen LogP contribution in [0, 0.1) is 5.82 Å². The number of rotatable bonds is 2. The number of benzene rings is 1. The number of hydrogen-bond donors (Lipinski definition) is 1. The lowest BCUT2D eigenvalue weighted by Gasteiger charge is -2.09. The largest absolute Gasteiger partial charge is 0.387 e. The second-order valence-corrected chi connectivity index (χ2v) is 3.70. The number of nitrogens with one attached hydrogen (secondary N) is 1. The third-order valence-corrected chi connectivity index (χ3v) is 2.48. The smallest absolute Gasteiger partial charge is 0.131 e. The first-order chi connectivity index (χ1) is 7.70. The van der Waals surface area contributed by atoms with Crippen molar-refractivity contribution in [1.29, 1.82) is 0 Å². The molecule has 0 atom stereocenters. The Bertz CT molecular complexity index is 514. The van der Waals surface area contributed by atoms with Gasteiger partial charge in [0.15, 0.2) is 0 Å². The van der Waals surface area contributed by atoms with E-state index in [0.29, 0.717) is 5.15 Å². The van der Waals surface area contributed by atoms with E-state index in [1.54, 1.807) is 25.4 Å². The molecule has 1 aromatic carbocycles. The van der Waals surface area contributed by atoms with Crippen LogP contribution in [-0.2, 0) is 0 Å². The van der Waals surface area contributed by atoms with Gasteiger partial charge in [0, 0.05) is 24.5 Å². The second-order valence-electron chi connectivity index (χ2n) is 3.31. The van der Waals surface area contributed by atoms with Crippen LogP contribution in [0.3, 0.4) is 0 Å². The van der Waals surface area contributed by atoms with E-state index in [1.165, 1.54) is 12.1 Å². The van der Waals surface area contributed by atoms with Crippen LogP contribution in [0.4, 0.5) is 10.1 Å². The molecule has 0 aliphatic carbocycles. The lowest BCUT2D eigenvalue weighted by molar-refractivity contribution is 0.628. The Morgan fingerprint density at radius 2 is 2.12 bits per heavy atom. The molecule has 2 aromatic rings. The normalized spacial score (nSPS) is 10.2. The molecule has 0 amide bonds. The number of hydrogen-bond acceptors (Lipinski definition) is 2. The van der Waals surface area contributed by atoms with Crippen molar-refractivity contribution in [3.8, 4) is 11.1 Å². The lowest BCUT2D eigenvalue weighted by atomic mass is 10.1. The monoisotopic (exact) mass is 236 g/mol. The van der Waals surface area contributed by atoms with Crippen LogP contribution < -0.4 is 5.32 Å². The Hall–Kier alpha value is -1.61. The zero-order valence-electron chi connectivity index (χ0n) is 8.67. The fourth-order valence-electron chi connectivity index (χ4n) is 1.52. The van der Waals surface area contributed by atoms with E-state index in [2.05, 4.69) is 10.3 Å². The van der Waals surface area contributed by atoms with E-state index < -0.39 is 0 Å². The molecule has 1 heterocycles. The maximum atomic E-state index is 13.1. The Labute approximate surface area is 98.1 Å². The summed E-state index contributed by atoms with van der Waals surface area (Å²) in [5.74, 6) is -0.269. The molecule has 82 valence electrons. The molecule has 0 radical (unpaired) electrons. The van der Waals surface area contributed by atoms with Gasteiger partial charge in [-0.2, -0.15) is 0 Å². The molecule has 0 aliphatic rings. The first kappa shape index (κ1) is 10.9. The predicted molar refractivity (Wildman–Crippen MR) is 64.2 cm³/mol. The van der Waals surface area contributed by atoms with Crippen molar-refractivity contribution >= 4 is 17.3 Å². The molecule has 16 heavy (non-hydrogen) atoms. The van der Waals surface area contributed by atoms with Crippen molar-refractivity contribution in [3.63, 3.8) is 0 Å². The maximum absolute atomic E-state index is 13.1. The highest BCUT2D eigenvalue weighted by Gasteiger charge is 2.06. The first-order valence-electron chi connectivity index (χ1n) is 4.80. The number of halogens is 2. The number of anilines is 1. The van der Waals surface area contributed by atoms with E-state index in [-0.39, 0.29) is 5.82 Å². The van der Waals surface area contributed by atoms with Crippen LogP contribution >= 0.6 is 11.6 Å². The molecule has 0 bridgehead atoms. The van der Waals surface area contributed by atoms with E-state index in [9.17, 15) is 4.39 Å². The molecule has 0 spiro atoms. The van der Waals surface area contributed by atoms with Gasteiger partial charge in [0.05, 0.1) is 0 Å². The quantitative estimate of drug-likeness (QED) is 0.807. The standard InChI is InChI=1S/C12H10ClFN2/c1-15-11-6-12(13)16-7-10(11)8-3-2-4-9(14)5-8/h2-7H,1H3,(H,15,16). The molecule has 0 saturated heterocycles. The van der Waals surface area contributed by atoms with Gasteiger partial charge in [-0.25, -0.2) is 9.37 Å². The summed E-state index contributed by atoms with van der Waals surface area (Å²) in [6.07, 6.45) is 1.63. The minimum absolute atomic E-state index is 0.269. The third kappa shape index (κ3) is 2.14. The molecule has 1 aromatic heterocycles. The molecule has 4 heteroatoms. The minimum Gasteiger partial charge on any atom is -0.387 e. The Morgan fingerprint density at radius 3 is 2.81 bits per heavy atom. The SMILES string of the molecule is CNc1cc(Cl)ncc1-c1cccc(F)c1. The Kier molecular flexibility index (Phi) is 3.06. The van der Waals surface area contributed by atoms with E-state index in [1.807, 2.05) is 6.07 Å². The number of aromatic nitrogens is 1. The lowest BCUT2D eigenvalue weighted by Crippen LogP contribution is -1.93. The molecule has 0 unspecified atom stereocenters. The highest BCUT2D eigenvalue weighted by atomic mass is 35.5. The summed E-state index contributed by atoms with van der Waals surface area (Å²) < 4.78 is 13.1. The van der Waals surface area contributed by atoms with E-state index >= 15 is 0 Å². The number of nitrogens with zero attached hydrogens (tertiary/aromatic N) is 1. The van der Waals surface area contributed by atoms with Gasteiger partial charge in [0.25, 0.3) is 0 Å². The molecule has 2 nitrogen and oxygen atoms in total. The van der Waals surface area contributed by atoms with Gasteiger partial charge in [-0.15, -0.1) is 0 Å². The van der Waals surface area contributed by atoms with Crippen molar-refractivity contribution in [2.24, 2.45) is 0 Å². The summed E-state index contributed by atoms with van der Waals surface area (Å²) in [5.41, 5.74) is 2.42. The Balaban J connectivity index is 2.55. The van der Waals surface area contributed by atoms with Gasteiger partial charge in [-0.3, -0.25) is 0 Å². The van der Waals surface area contributed by atoms with Crippen molar-refractivity contribution in [2.45, 2.75) is 0 Å². The van der Waals surface area contributed by atoms with Crippen LogP contribution in [0.2, 0.25) is 5.15 Å². The van der Waals surface area contributed by atoms with Crippen LogP contribution in [0.1, 0.15) is 0 Å². The average molecular weight is 237 g/mol. The molecular weight excluding hydrogens is 227 g/mol. The van der Waals surface area contributed by atoms with Crippen LogP contribution in [0.15, 0.2) is 36.5 Å². The van der Waals surface area contributed by atoms with E-state index in [0.717, 1.165) is 16.8 Å². The summed E-state index contributed by atoms with van der Waals surface area (Å²) in [5, 5.41) is 3.41. The van der Waals surface area contributed by atoms with Gasteiger partial charge in [0.1, 0.15) is 11.0 Å². The average Bonchev–Trinajstić information content (AvgIpc) is 2.28. The van der Waals surface area contributed by atoms with Gasteiger partial charge < -0.3 is 5.32 Å². The Morgan fingerprint density at radius 1 is 1.31 bits per heavy atom. The van der Waals surface area contributed by atoms with Crippen LogP contribution in [0.25, 0.3) is 11.1 Å². The summed E-state index contributed by atoms with van der Waals surface area (Å²) in [4.78, 5) is 4.00. The zero-order chi connectivity index (χ0) is 11.5. The number of pyridine rings is 1. The fourth-order valence-corrected chi connectivity index (χ4v) is 1.68. The topological polar surface area (TPSA) is 24.9 Å². The van der Waals surface area contributed by atoms with E-state index in [4.69, 9.17) is 11.6 Å². The molecule has 0 aliphatic heterocycles. The molecular formula is C12H10ClFN2. The molecule has 0 fully saturated rings. The van der Waals surface area contributed by atoms with Crippen molar-refractivity contribution in [1.82, 2.24) is 4.98 Å². The summed E-state index contributed by atoms with van der Waals surface area (Å²) in [6.45, 7) is 0. The summed E-state index contributed by atoms with van der Waals surface area (Å²) in [7, 11) is 1.79. The fraction of sp³-hybridized carbons (Fsp3) is 0.0833. The minimum atomic E-state index is -0.269. The summed E-state index contributed by atoms with van der Waals surface area (Å²) >= 11 is 5.79. The van der Waals surface area contributed by atoms with Gasteiger partial charge in [-0.05, 0) is 23.8 Å². The maximum Gasteiger partial charge on any atom is 0.131 e. The third-order valence-electron chi connectivity index (χ3n) is 2.28. The first-order valence-corrected chi connectivity index (χ1v) is 5.18. The van der Waals surface area contributed by atoms with Crippen LogP contribution in [-0.4, -0.2) is 12.0 Å². The van der Waals surface area contributed by atoms with Crippen molar-refractivity contribution in [3.05, 3.63) is 47.5 Å². The van der Waals surface area contributed by atoms with Crippen LogP contribution in [0.5, 0.6) is 0 Å². The van der Waals surface area contributed by atoms with Gasteiger partial charge >= 0.3 is 0 Å². The molecule has 2 rings (SSSR count). The second kappa shape index (κ2) is 4.49. The highest BCUT2D eigenvalue weighted by Crippen LogP contribution is 2.29.